The van der Waals surface area contributed by atoms with E-state index in [0.717, 1.165) is 0 Å². The zero-order valence-corrected chi connectivity index (χ0v) is 15.8. The Kier molecular flexibility index (Phi) is 5.75. The van der Waals surface area contributed by atoms with E-state index in [0.29, 0.717) is 43.7 Å². The summed E-state index contributed by atoms with van der Waals surface area (Å²) in [5, 5.41) is 13.0. The van der Waals surface area contributed by atoms with Gasteiger partial charge in [-0.25, -0.2) is 9.18 Å². The Bertz CT molecular complexity index is 799. The fraction of sp³-hybridized carbons (Fsp3) is 0.500. The summed E-state index contributed by atoms with van der Waals surface area (Å²) in [7, 11) is 0. The van der Waals surface area contributed by atoms with Gasteiger partial charge in [0.1, 0.15) is 11.9 Å². The first kappa shape index (κ1) is 20.0. The number of terminal acetylenes is 1. The molecule has 7 nitrogen and oxygen atoms in total. The summed E-state index contributed by atoms with van der Waals surface area (Å²) in [6.07, 6.45) is 5.49. The highest BCUT2D eigenvalue weighted by atomic mass is 19.1. The summed E-state index contributed by atoms with van der Waals surface area (Å²) in [5.41, 5.74) is -0.0598. The lowest BCUT2D eigenvalue weighted by atomic mass is 9.88. The summed E-state index contributed by atoms with van der Waals surface area (Å²) in [4.78, 5) is 26.3. The number of ether oxygens (including phenoxy) is 1. The van der Waals surface area contributed by atoms with E-state index in [4.69, 9.17) is 11.2 Å². The van der Waals surface area contributed by atoms with E-state index in [1.807, 2.05) is 4.90 Å². The van der Waals surface area contributed by atoms with Crippen LogP contribution < -0.4 is 15.1 Å². The monoisotopic (exact) mass is 389 g/mol. The Morgan fingerprint density at radius 3 is 2.79 bits per heavy atom. The predicted octanol–water partition coefficient (Wildman–Crippen LogP) is 1.64. The number of cyclic esters (lactones) is 1. The number of rotatable bonds is 5. The molecule has 3 rings (SSSR count). The molecule has 8 heteroatoms. The Morgan fingerprint density at radius 1 is 1.46 bits per heavy atom. The molecule has 28 heavy (non-hydrogen) atoms. The molecular weight excluding hydrogens is 365 g/mol. The second-order valence-electron chi connectivity index (χ2n) is 7.28. The maximum absolute atomic E-state index is 14.7. The van der Waals surface area contributed by atoms with Crippen LogP contribution in [0, 0.1) is 18.2 Å². The standard InChI is InChI=1S/C20H24FN3O4/c1-3-6-20(27)7-9-23(10-8-20)18-5-4-15(11-17(18)21)24-13-16(28-19(24)26)12-22-14(2)25/h1,4-5,11,16,27H,6-10,12-13H2,2H3,(H,22,25). The number of halogens is 1. The average Bonchev–Trinajstić information content (AvgIpc) is 3.02. The summed E-state index contributed by atoms with van der Waals surface area (Å²) in [6, 6.07) is 4.60. The molecule has 0 aromatic heterocycles. The van der Waals surface area contributed by atoms with Gasteiger partial charge in [-0.3, -0.25) is 9.69 Å². The van der Waals surface area contributed by atoms with Gasteiger partial charge in [0.25, 0.3) is 0 Å². The molecule has 1 aromatic rings. The topological polar surface area (TPSA) is 82.1 Å². The molecule has 1 unspecified atom stereocenters. The van der Waals surface area contributed by atoms with Crippen LogP contribution in [-0.2, 0) is 9.53 Å². The van der Waals surface area contributed by atoms with Gasteiger partial charge in [-0.1, -0.05) is 0 Å². The van der Waals surface area contributed by atoms with Crippen molar-refractivity contribution in [3.63, 3.8) is 0 Å². The normalized spacial score (nSPS) is 21.2. The number of carbonyl (C=O) groups is 2. The first-order chi connectivity index (χ1) is 13.3. The smallest absolute Gasteiger partial charge is 0.414 e. The van der Waals surface area contributed by atoms with Crippen molar-refractivity contribution in [1.82, 2.24) is 5.32 Å². The molecule has 2 aliphatic heterocycles. The molecule has 0 radical (unpaired) electrons. The summed E-state index contributed by atoms with van der Waals surface area (Å²) < 4.78 is 19.9. The van der Waals surface area contributed by atoms with Gasteiger partial charge in [-0.05, 0) is 31.0 Å². The third-order valence-corrected chi connectivity index (χ3v) is 5.16. The molecule has 0 bridgehead atoms. The van der Waals surface area contributed by atoms with Crippen molar-refractivity contribution in [2.75, 3.05) is 36.0 Å². The molecule has 2 saturated heterocycles. The quantitative estimate of drug-likeness (QED) is 0.749. The molecule has 2 amide bonds. The number of anilines is 2. The number of nitrogens with zero attached hydrogens (tertiary/aromatic N) is 2. The highest BCUT2D eigenvalue weighted by molar-refractivity contribution is 5.90. The van der Waals surface area contributed by atoms with Gasteiger partial charge >= 0.3 is 6.09 Å². The number of amides is 2. The average molecular weight is 389 g/mol. The van der Waals surface area contributed by atoms with E-state index < -0.39 is 23.6 Å². The third kappa shape index (κ3) is 4.37. The van der Waals surface area contributed by atoms with E-state index in [-0.39, 0.29) is 19.0 Å². The van der Waals surface area contributed by atoms with Gasteiger partial charge in [0.15, 0.2) is 0 Å². The maximum Gasteiger partial charge on any atom is 0.414 e. The molecule has 1 atom stereocenters. The highest BCUT2D eigenvalue weighted by Gasteiger charge is 2.34. The minimum absolute atomic E-state index is 0.208. The zero-order valence-electron chi connectivity index (χ0n) is 15.8. The van der Waals surface area contributed by atoms with Crippen molar-refractivity contribution in [2.45, 2.75) is 37.9 Å². The summed E-state index contributed by atoms with van der Waals surface area (Å²) in [6.45, 7) is 2.84. The first-order valence-electron chi connectivity index (χ1n) is 9.24. The van der Waals surface area contributed by atoms with Crippen LogP contribution in [0.3, 0.4) is 0 Å². The van der Waals surface area contributed by atoms with Crippen molar-refractivity contribution in [2.24, 2.45) is 0 Å². The van der Waals surface area contributed by atoms with Gasteiger partial charge in [0, 0.05) is 26.4 Å². The van der Waals surface area contributed by atoms with Crippen LogP contribution >= 0.6 is 0 Å². The van der Waals surface area contributed by atoms with Crippen molar-refractivity contribution in [3.05, 3.63) is 24.0 Å². The number of carbonyl (C=O) groups excluding carboxylic acids is 2. The van der Waals surface area contributed by atoms with Crippen LogP contribution in [-0.4, -0.2) is 55.0 Å². The van der Waals surface area contributed by atoms with Crippen LogP contribution in [0.4, 0.5) is 20.6 Å². The molecule has 0 aliphatic carbocycles. The van der Waals surface area contributed by atoms with Crippen LogP contribution in [0.15, 0.2) is 18.2 Å². The van der Waals surface area contributed by atoms with Gasteiger partial charge < -0.3 is 20.1 Å². The Labute approximate surface area is 163 Å². The molecule has 150 valence electrons. The van der Waals surface area contributed by atoms with Gasteiger partial charge in [-0.2, -0.15) is 0 Å². The van der Waals surface area contributed by atoms with Gasteiger partial charge in [0.05, 0.1) is 30.1 Å². The molecule has 1 aromatic carbocycles. The van der Waals surface area contributed by atoms with Crippen LogP contribution in [0.25, 0.3) is 0 Å². The zero-order chi connectivity index (χ0) is 20.3. The summed E-state index contributed by atoms with van der Waals surface area (Å²) >= 11 is 0. The van der Waals surface area contributed by atoms with Gasteiger partial charge in [0.2, 0.25) is 5.91 Å². The van der Waals surface area contributed by atoms with Crippen molar-refractivity contribution >= 4 is 23.4 Å². The molecule has 2 heterocycles. The fourth-order valence-corrected chi connectivity index (χ4v) is 3.55. The number of piperidine rings is 1. The highest BCUT2D eigenvalue weighted by Crippen LogP contribution is 2.32. The number of benzene rings is 1. The first-order valence-corrected chi connectivity index (χ1v) is 9.24. The van der Waals surface area contributed by atoms with Crippen LogP contribution in [0.1, 0.15) is 26.2 Å². The Hall–Kier alpha value is -2.79. The second-order valence-corrected chi connectivity index (χ2v) is 7.28. The fourth-order valence-electron chi connectivity index (χ4n) is 3.55. The van der Waals surface area contributed by atoms with Gasteiger partial charge in [-0.15, -0.1) is 12.3 Å². The second kappa shape index (κ2) is 8.07. The predicted molar refractivity (Wildman–Crippen MR) is 103 cm³/mol. The largest absolute Gasteiger partial charge is 0.442 e. The summed E-state index contributed by atoms with van der Waals surface area (Å²) in [5.74, 6) is 1.84. The maximum atomic E-state index is 14.7. The molecule has 2 N–H and O–H groups in total. The van der Waals surface area contributed by atoms with E-state index in [1.54, 1.807) is 12.1 Å². The van der Waals surface area contributed by atoms with E-state index >= 15 is 0 Å². The van der Waals surface area contributed by atoms with Crippen LogP contribution in [0.2, 0.25) is 0 Å². The number of nitrogens with one attached hydrogen (secondary N) is 1. The lowest BCUT2D eigenvalue weighted by Gasteiger charge is -2.38. The SMILES string of the molecule is C#CCC1(O)CCN(c2ccc(N3CC(CNC(C)=O)OC3=O)cc2F)CC1. The molecule has 2 fully saturated rings. The lowest BCUT2D eigenvalue weighted by molar-refractivity contribution is -0.119. The van der Waals surface area contributed by atoms with Crippen molar-refractivity contribution in [1.29, 1.82) is 0 Å². The van der Waals surface area contributed by atoms with Crippen molar-refractivity contribution < 1.29 is 23.8 Å². The van der Waals surface area contributed by atoms with E-state index in [2.05, 4.69) is 11.2 Å². The number of hydrogen-bond acceptors (Lipinski definition) is 5. The van der Waals surface area contributed by atoms with E-state index in [9.17, 15) is 19.1 Å². The molecule has 0 saturated carbocycles. The Morgan fingerprint density at radius 2 is 2.18 bits per heavy atom. The molecular formula is C20H24FN3O4. The van der Waals surface area contributed by atoms with Crippen LogP contribution in [0.5, 0.6) is 0 Å². The van der Waals surface area contributed by atoms with E-state index in [1.165, 1.54) is 17.9 Å². The molecule has 0 spiro atoms. The minimum atomic E-state index is -0.885. The lowest BCUT2D eigenvalue weighted by Crippen LogP contribution is -2.44. The molecule has 2 aliphatic rings. The number of hydrogen-bond donors (Lipinski definition) is 2. The Balaban J connectivity index is 1.66. The van der Waals surface area contributed by atoms with Crippen molar-refractivity contribution in [3.8, 4) is 12.3 Å². The third-order valence-electron chi connectivity index (χ3n) is 5.16. The minimum Gasteiger partial charge on any atom is -0.442 e. The number of aliphatic hydroxyl groups is 1.